The third-order valence-electron chi connectivity index (χ3n) is 2.94. The molecule has 1 heterocycles. The molecule has 4 nitrogen and oxygen atoms in total. The topological polar surface area (TPSA) is 66.0 Å². The molecule has 0 aliphatic rings. The van der Waals surface area contributed by atoms with Crippen LogP contribution in [-0.2, 0) is 6.42 Å². The number of benzene rings is 1. The van der Waals surface area contributed by atoms with Crippen molar-refractivity contribution in [1.29, 1.82) is 0 Å². The van der Waals surface area contributed by atoms with Gasteiger partial charge in [0.2, 0.25) is 5.88 Å². The highest BCUT2D eigenvalue weighted by Gasteiger charge is 2.11. The number of hydrogen-bond acceptors (Lipinski definition) is 3. The Balaban J connectivity index is 2.52. The van der Waals surface area contributed by atoms with Crippen molar-refractivity contribution in [1.82, 2.24) is 9.97 Å². The van der Waals surface area contributed by atoms with Gasteiger partial charge < -0.3 is 10.1 Å². The molecule has 0 fully saturated rings. The van der Waals surface area contributed by atoms with E-state index in [1.807, 2.05) is 6.92 Å². The summed E-state index contributed by atoms with van der Waals surface area (Å²) < 4.78 is 13.5. The Kier molecular flexibility index (Phi) is 3.64. The van der Waals surface area contributed by atoms with Crippen molar-refractivity contribution in [2.45, 2.75) is 26.7 Å². The molecule has 0 aliphatic carbocycles. The summed E-state index contributed by atoms with van der Waals surface area (Å²) in [6, 6.07) is 4.53. The fraction of sp³-hybridized carbons (Fsp3) is 0.286. The Labute approximate surface area is 110 Å². The van der Waals surface area contributed by atoms with Gasteiger partial charge in [-0.3, -0.25) is 4.79 Å². The summed E-state index contributed by atoms with van der Waals surface area (Å²) in [7, 11) is 0. The number of nitrogens with one attached hydrogen (secondary N) is 1. The summed E-state index contributed by atoms with van der Waals surface area (Å²) in [6.07, 6.45) is 1.19. The van der Waals surface area contributed by atoms with Gasteiger partial charge in [-0.25, -0.2) is 4.39 Å². The number of H-pyrrole nitrogens is 1. The normalized spacial score (nSPS) is 10.7. The van der Waals surface area contributed by atoms with Gasteiger partial charge in [0.25, 0.3) is 5.56 Å². The van der Waals surface area contributed by atoms with Crippen molar-refractivity contribution in [2.24, 2.45) is 0 Å². The number of aromatic amines is 1. The van der Waals surface area contributed by atoms with Crippen LogP contribution in [0.5, 0.6) is 5.88 Å². The van der Waals surface area contributed by atoms with E-state index in [2.05, 4.69) is 9.97 Å². The van der Waals surface area contributed by atoms with Crippen LogP contribution in [-0.4, -0.2) is 15.1 Å². The molecule has 0 spiro atoms. The summed E-state index contributed by atoms with van der Waals surface area (Å²) >= 11 is 0. The van der Waals surface area contributed by atoms with Crippen LogP contribution in [0, 0.1) is 12.7 Å². The van der Waals surface area contributed by atoms with Crippen LogP contribution in [0.3, 0.4) is 0 Å². The largest absolute Gasteiger partial charge is 0.493 e. The SMILES string of the molecule is CCCc1c(O)nc(-c2ccc(C)c(F)c2)[nH]c1=O. The summed E-state index contributed by atoms with van der Waals surface area (Å²) in [5.41, 5.74) is 0.820. The van der Waals surface area contributed by atoms with Crippen LogP contribution in [0.15, 0.2) is 23.0 Å². The molecule has 0 radical (unpaired) electrons. The van der Waals surface area contributed by atoms with E-state index in [9.17, 15) is 14.3 Å². The lowest BCUT2D eigenvalue weighted by atomic mass is 10.1. The molecule has 0 saturated carbocycles. The van der Waals surface area contributed by atoms with Crippen molar-refractivity contribution in [2.75, 3.05) is 0 Å². The van der Waals surface area contributed by atoms with E-state index < -0.39 is 0 Å². The smallest absolute Gasteiger partial charge is 0.258 e. The Hall–Kier alpha value is -2.17. The van der Waals surface area contributed by atoms with Gasteiger partial charge in [-0.15, -0.1) is 0 Å². The molecule has 2 aromatic rings. The summed E-state index contributed by atoms with van der Waals surface area (Å²) in [5, 5.41) is 9.76. The number of aromatic nitrogens is 2. The monoisotopic (exact) mass is 262 g/mol. The molecule has 0 aliphatic heterocycles. The maximum Gasteiger partial charge on any atom is 0.258 e. The van der Waals surface area contributed by atoms with Gasteiger partial charge in [0.15, 0.2) is 0 Å². The fourth-order valence-electron chi connectivity index (χ4n) is 1.84. The lowest BCUT2D eigenvalue weighted by Crippen LogP contribution is -2.15. The molecule has 5 heteroatoms. The predicted molar refractivity (Wildman–Crippen MR) is 70.6 cm³/mol. The van der Waals surface area contributed by atoms with E-state index in [0.717, 1.165) is 6.42 Å². The molecular formula is C14H15FN2O2. The second-order valence-corrected chi connectivity index (χ2v) is 4.43. The zero-order valence-electron chi connectivity index (χ0n) is 10.8. The third-order valence-corrected chi connectivity index (χ3v) is 2.94. The average molecular weight is 262 g/mol. The molecule has 0 atom stereocenters. The van der Waals surface area contributed by atoms with Crippen molar-refractivity contribution in [3.8, 4) is 17.3 Å². The van der Waals surface area contributed by atoms with Gasteiger partial charge in [-0.2, -0.15) is 4.98 Å². The minimum atomic E-state index is -0.384. The van der Waals surface area contributed by atoms with Crippen LogP contribution in [0.1, 0.15) is 24.5 Å². The van der Waals surface area contributed by atoms with E-state index >= 15 is 0 Å². The highest BCUT2D eigenvalue weighted by molar-refractivity contribution is 5.56. The van der Waals surface area contributed by atoms with E-state index in [1.165, 1.54) is 6.07 Å². The second kappa shape index (κ2) is 5.22. The highest BCUT2D eigenvalue weighted by atomic mass is 19.1. The van der Waals surface area contributed by atoms with E-state index in [1.54, 1.807) is 19.1 Å². The first-order valence-corrected chi connectivity index (χ1v) is 6.11. The van der Waals surface area contributed by atoms with Crippen LogP contribution >= 0.6 is 0 Å². The van der Waals surface area contributed by atoms with Gasteiger partial charge in [0.05, 0.1) is 5.56 Å². The standard InChI is InChI=1S/C14H15FN2O2/c1-3-4-10-13(18)16-12(17-14(10)19)9-6-5-8(2)11(15)7-9/h5-7H,3-4H2,1-2H3,(H2,16,17,18,19). The van der Waals surface area contributed by atoms with Crippen molar-refractivity contribution in [3.05, 3.63) is 45.5 Å². The Morgan fingerprint density at radius 2 is 2.16 bits per heavy atom. The molecule has 0 bridgehead atoms. The van der Waals surface area contributed by atoms with Gasteiger partial charge >= 0.3 is 0 Å². The van der Waals surface area contributed by atoms with Crippen molar-refractivity contribution in [3.63, 3.8) is 0 Å². The van der Waals surface area contributed by atoms with Gasteiger partial charge in [0.1, 0.15) is 11.6 Å². The average Bonchev–Trinajstić information content (AvgIpc) is 2.37. The molecule has 2 rings (SSSR count). The van der Waals surface area contributed by atoms with Crippen LogP contribution in [0.4, 0.5) is 4.39 Å². The Morgan fingerprint density at radius 3 is 2.74 bits per heavy atom. The minimum Gasteiger partial charge on any atom is -0.493 e. The molecule has 2 N–H and O–H groups in total. The molecule has 1 aromatic heterocycles. The first-order valence-electron chi connectivity index (χ1n) is 6.11. The Morgan fingerprint density at radius 1 is 1.42 bits per heavy atom. The number of rotatable bonds is 3. The maximum absolute atomic E-state index is 13.5. The predicted octanol–water partition coefficient (Wildman–Crippen LogP) is 2.54. The van der Waals surface area contributed by atoms with Crippen LogP contribution in [0.2, 0.25) is 0 Å². The zero-order valence-corrected chi connectivity index (χ0v) is 10.8. The number of aryl methyl sites for hydroxylation is 1. The van der Waals surface area contributed by atoms with Gasteiger partial charge in [-0.05, 0) is 25.0 Å². The number of halogens is 1. The highest BCUT2D eigenvalue weighted by Crippen LogP contribution is 2.20. The molecule has 0 amide bonds. The molecule has 1 aromatic carbocycles. The quantitative estimate of drug-likeness (QED) is 0.893. The van der Waals surface area contributed by atoms with Gasteiger partial charge in [-0.1, -0.05) is 25.5 Å². The fourth-order valence-corrected chi connectivity index (χ4v) is 1.84. The minimum absolute atomic E-state index is 0.168. The third kappa shape index (κ3) is 2.65. The summed E-state index contributed by atoms with van der Waals surface area (Å²) in [4.78, 5) is 18.3. The second-order valence-electron chi connectivity index (χ2n) is 4.43. The first-order chi connectivity index (χ1) is 9.02. The molecule has 19 heavy (non-hydrogen) atoms. The Bertz CT molecular complexity index is 665. The molecular weight excluding hydrogens is 247 g/mol. The maximum atomic E-state index is 13.5. The van der Waals surface area contributed by atoms with E-state index in [4.69, 9.17) is 0 Å². The molecule has 100 valence electrons. The first kappa shape index (κ1) is 13.3. The van der Waals surface area contributed by atoms with Gasteiger partial charge in [0, 0.05) is 5.56 Å². The lowest BCUT2D eigenvalue weighted by molar-refractivity contribution is 0.443. The van der Waals surface area contributed by atoms with Crippen molar-refractivity contribution >= 4 is 0 Å². The zero-order chi connectivity index (χ0) is 14.0. The number of aromatic hydroxyl groups is 1. The van der Waals surface area contributed by atoms with E-state index in [-0.39, 0.29) is 28.6 Å². The molecule has 0 saturated heterocycles. The van der Waals surface area contributed by atoms with E-state index in [0.29, 0.717) is 17.5 Å². The lowest BCUT2D eigenvalue weighted by Gasteiger charge is -2.06. The van der Waals surface area contributed by atoms with Crippen molar-refractivity contribution < 1.29 is 9.50 Å². The number of hydrogen-bond donors (Lipinski definition) is 2. The van der Waals surface area contributed by atoms with Crippen LogP contribution in [0.25, 0.3) is 11.4 Å². The number of nitrogens with zero attached hydrogens (tertiary/aromatic N) is 1. The molecule has 0 unspecified atom stereocenters. The van der Waals surface area contributed by atoms with Crippen LogP contribution < -0.4 is 5.56 Å². The summed E-state index contributed by atoms with van der Waals surface area (Å²) in [6.45, 7) is 3.55. The summed E-state index contributed by atoms with van der Waals surface area (Å²) in [5.74, 6) is -0.500.